The molecule has 0 spiro atoms. The smallest absolute Gasteiger partial charge is 0.254 e. The molecule has 0 atom stereocenters. The van der Waals surface area contributed by atoms with Crippen LogP contribution in [0.1, 0.15) is 72.7 Å². The van der Waals surface area contributed by atoms with Gasteiger partial charge in [-0.05, 0) is 61.2 Å². The summed E-state index contributed by atoms with van der Waals surface area (Å²) in [5, 5.41) is 19.1. The molecular formula is C30H40N6O2. The van der Waals surface area contributed by atoms with Crippen LogP contribution in [0.5, 0.6) is 0 Å². The maximum Gasteiger partial charge on any atom is 0.254 e. The molecule has 0 aliphatic heterocycles. The van der Waals surface area contributed by atoms with E-state index >= 15 is 0 Å². The molecule has 8 heteroatoms. The quantitative estimate of drug-likeness (QED) is 0.0969. The molecule has 0 heterocycles. The van der Waals surface area contributed by atoms with Crippen molar-refractivity contribution in [3.63, 3.8) is 0 Å². The van der Waals surface area contributed by atoms with Crippen molar-refractivity contribution in [3.8, 4) is 11.1 Å². The topological polar surface area (TPSA) is 149 Å². The number of nitrogens with zero attached hydrogens (tertiary/aromatic N) is 1. The van der Waals surface area contributed by atoms with Gasteiger partial charge in [0.2, 0.25) is 0 Å². The van der Waals surface area contributed by atoms with Gasteiger partial charge in [-0.1, -0.05) is 44.9 Å². The number of nitrogen functional groups attached to an aromatic ring is 1. The van der Waals surface area contributed by atoms with E-state index in [1.165, 1.54) is 6.92 Å². The molecule has 0 saturated carbocycles. The predicted octanol–water partition coefficient (Wildman–Crippen LogP) is 5.63. The summed E-state index contributed by atoms with van der Waals surface area (Å²) >= 11 is 0. The van der Waals surface area contributed by atoms with Crippen molar-refractivity contribution in [3.05, 3.63) is 65.2 Å². The highest BCUT2D eigenvalue weighted by molar-refractivity contribution is 6.16. The number of benzene rings is 3. The third kappa shape index (κ3) is 7.90. The molecule has 3 aromatic rings. The number of carbonyl (C=O) groups is 2. The van der Waals surface area contributed by atoms with Crippen LogP contribution in [-0.4, -0.2) is 48.9 Å². The van der Waals surface area contributed by atoms with Gasteiger partial charge in [0.1, 0.15) is 5.84 Å². The minimum Gasteiger partial charge on any atom is -0.388 e. The van der Waals surface area contributed by atoms with E-state index in [-0.39, 0.29) is 17.6 Å². The van der Waals surface area contributed by atoms with Crippen LogP contribution in [0.15, 0.2) is 48.5 Å². The highest BCUT2D eigenvalue weighted by atomic mass is 16.2. The van der Waals surface area contributed by atoms with Crippen LogP contribution in [0, 0.1) is 10.8 Å². The number of anilines is 1. The van der Waals surface area contributed by atoms with Crippen molar-refractivity contribution in [1.82, 2.24) is 4.90 Å². The number of nitrogens with two attached hydrogens (primary N) is 2. The Labute approximate surface area is 225 Å². The fourth-order valence-electron chi connectivity index (χ4n) is 4.07. The van der Waals surface area contributed by atoms with Crippen molar-refractivity contribution < 1.29 is 9.59 Å². The van der Waals surface area contributed by atoms with Crippen LogP contribution in [0.25, 0.3) is 21.9 Å². The number of hydrogen-bond donors (Lipinski definition) is 5. The Morgan fingerprint density at radius 1 is 1.00 bits per heavy atom. The second-order valence-corrected chi connectivity index (χ2v) is 9.30. The molecule has 7 N–H and O–H groups in total. The molecule has 0 saturated heterocycles. The second kappa shape index (κ2) is 14.5. The molecular weight excluding hydrogens is 476 g/mol. The molecule has 38 heavy (non-hydrogen) atoms. The van der Waals surface area contributed by atoms with Crippen LogP contribution < -0.4 is 16.8 Å². The molecule has 0 radical (unpaired) electrons. The Kier molecular flexibility index (Phi) is 11.5. The van der Waals surface area contributed by atoms with Gasteiger partial charge in [-0.3, -0.25) is 20.4 Å². The summed E-state index contributed by atoms with van der Waals surface area (Å²) in [5.74, 6) is 0.0419. The first-order valence-electron chi connectivity index (χ1n) is 12.9. The second-order valence-electron chi connectivity index (χ2n) is 9.30. The third-order valence-corrected chi connectivity index (χ3v) is 6.05. The van der Waals surface area contributed by atoms with Gasteiger partial charge in [0.15, 0.2) is 6.29 Å². The summed E-state index contributed by atoms with van der Waals surface area (Å²) < 4.78 is 0. The van der Waals surface area contributed by atoms with E-state index in [4.69, 9.17) is 22.3 Å². The van der Waals surface area contributed by atoms with Crippen molar-refractivity contribution in [1.29, 1.82) is 10.8 Å². The number of carbonyl (C=O) groups excluding carboxylic acids is 2. The summed E-state index contributed by atoms with van der Waals surface area (Å²) in [6.45, 7) is 7.20. The average Bonchev–Trinajstić information content (AvgIpc) is 2.90. The molecule has 202 valence electrons. The molecule has 0 fully saturated rings. The Balaban J connectivity index is 0.00000118. The van der Waals surface area contributed by atoms with Crippen LogP contribution in [-0.2, 0) is 0 Å². The van der Waals surface area contributed by atoms with Crippen LogP contribution in [0.3, 0.4) is 0 Å². The summed E-state index contributed by atoms with van der Waals surface area (Å²) in [7, 11) is 1.80. The van der Waals surface area contributed by atoms with Crippen molar-refractivity contribution >= 4 is 40.3 Å². The lowest BCUT2D eigenvalue weighted by Crippen LogP contribution is -2.28. The van der Waals surface area contributed by atoms with Gasteiger partial charge >= 0.3 is 0 Å². The van der Waals surface area contributed by atoms with E-state index in [1.54, 1.807) is 24.1 Å². The summed E-state index contributed by atoms with van der Waals surface area (Å²) in [6.07, 6.45) is 4.79. The first-order chi connectivity index (χ1) is 18.1. The summed E-state index contributed by atoms with van der Waals surface area (Å²) in [6, 6.07) is 15.0. The van der Waals surface area contributed by atoms with E-state index in [9.17, 15) is 9.59 Å². The lowest BCUT2D eigenvalue weighted by molar-refractivity contribution is 0.0795. The average molecular weight is 517 g/mol. The van der Waals surface area contributed by atoms with E-state index in [2.05, 4.69) is 19.2 Å². The van der Waals surface area contributed by atoms with E-state index in [0.717, 1.165) is 60.7 Å². The third-order valence-electron chi connectivity index (χ3n) is 6.05. The number of unbranched alkanes of at least 4 members (excludes halogenated alkanes) is 2. The molecule has 0 unspecified atom stereocenters. The number of hydrogen-bond acceptors (Lipinski definition) is 5. The number of nitrogens with one attached hydrogen (secondary N) is 3. The number of amides is 1. The first kappa shape index (κ1) is 30.0. The lowest BCUT2D eigenvalue weighted by Gasteiger charge is -2.21. The minimum absolute atomic E-state index is 0.0107. The normalized spacial score (nSPS) is 10.3. The van der Waals surface area contributed by atoms with Crippen LogP contribution in [0.2, 0.25) is 0 Å². The monoisotopic (exact) mass is 516 g/mol. The lowest BCUT2D eigenvalue weighted by atomic mass is 9.92. The summed E-state index contributed by atoms with van der Waals surface area (Å²) in [4.78, 5) is 27.3. The Hall–Kier alpha value is -4.20. The molecule has 1 amide bonds. The van der Waals surface area contributed by atoms with E-state index in [1.807, 2.05) is 36.4 Å². The zero-order valence-electron chi connectivity index (χ0n) is 22.9. The highest BCUT2D eigenvalue weighted by Crippen LogP contribution is 2.35. The fraction of sp³-hybridized carbons (Fsp3) is 0.333. The summed E-state index contributed by atoms with van der Waals surface area (Å²) in [5.41, 5.74) is 14.6. The Bertz CT molecular complexity index is 1300. The maximum atomic E-state index is 13.6. The van der Waals surface area contributed by atoms with Crippen LogP contribution in [0.4, 0.5) is 5.69 Å². The highest BCUT2D eigenvalue weighted by Gasteiger charge is 2.20. The Morgan fingerprint density at radius 3 is 2.29 bits per heavy atom. The molecule has 0 bridgehead atoms. The van der Waals surface area contributed by atoms with E-state index < -0.39 is 0 Å². The number of amidine groups is 2. The van der Waals surface area contributed by atoms with Gasteiger partial charge in [-0.25, -0.2) is 0 Å². The van der Waals surface area contributed by atoms with Crippen molar-refractivity contribution in [2.45, 2.75) is 46.5 Å². The molecule has 3 aromatic carbocycles. The number of aldehydes is 1. The Morgan fingerprint density at radius 2 is 1.68 bits per heavy atom. The standard InChI is InChI=1S/C28H34N4O2.C2H6N2/c1-4-6-13-31-25-12-11-21(18-33)26-23(25)16-22(19-9-8-10-20(15-19)27(29)30)17-24(26)28(34)32(3)14-7-5-2;1-2(3)4/h8-12,15-18,31H,4-7,13-14H2,1-3H3,(H3,29,30);1H3,(H3,3,4). The van der Waals surface area contributed by atoms with E-state index in [0.29, 0.717) is 28.6 Å². The zero-order chi connectivity index (χ0) is 28.2. The molecule has 0 aliphatic rings. The van der Waals surface area contributed by atoms with Gasteiger partial charge < -0.3 is 21.7 Å². The van der Waals surface area contributed by atoms with Crippen LogP contribution >= 0.6 is 0 Å². The number of rotatable bonds is 11. The minimum atomic E-state index is -0.114. The predicted molar refractivity (Wildman–Crippen MR) is 159 cm³/mol. The maximum absolute atomic E-state index is 13.6. The fourth-order valence-corrected chi connectivity index (χ4v) is 4.07. The molecule has 8 nitrogen and oxygen atoms in total. The molecule has 0 aromatic heterocycles. The largest absolute Gasteiger partial charge is 0.388 e. The van der Waals surface area contributed by atoms with Gasteiger partial charge in [0.05, 0.1) is 5.84 Å². The van der Waals surface area contributed by atoms with Crippen molar-refractivity contribution in [2.75, 3.05) is 25.5 Å². The van der Waals surface area contributed by atoms with Gasteiger partial charge in [-0.15, -0.1) is 0 Å². The molecule has 0 aliphatic carbocycles. The van der Waals surface area contributed by atoms with Gasteiger partial charge in [0, 0.05) is 53.3 Å². The van der Waals surface area contributed by atoms with Gasteiger partial charge in [-0.2, -0.15) is 0 Å². The number of fused-ring (bicyclic) bond motifs is 1. The SMILES string of the molecule is CC(=N)N.CCCCNc1ccc(C=O)c2c(C(=O)N(C)CCCC)cc(-c3cccc(C(=N)N)c3)cc12. The first-order valence-corrected chi connectivity index (χ1v) is 12.9. The van der Waals surface area contributed by atoms with Crippen molar-refractivity contribution in [2.24, 2.45) is 11.5 Å². The van der Waals surface area contributed by atoms with Gasteiger partial charge in [0.25, 0.3) is 5.91 Å². The zero-order valence-corrected chi connectivity index (χ0v) is 22.9. The molecule has 3 rings (SSSR count).